The molecule has 0 saturated carbocycles. The Morgan fingerprint density at radius 3 is 2.53 bits per heavy atom. The van der Waals surface area contributed by atoms with E-state index < -0.39 is 42.8 Å². The molecule has 0 aromatic carbocycles. The molecule has 0 spiro atoms. The highest BCUT2D eigenvalue weighted by Crippen LogP contribution is 2.36. The molecule has 1 fully saturated rings. The molecule has 0 radical (unpaired) electrons. The molecule has 1 amide bonds. The standard InChI is InChI=1S/C9H13BrFNO5/c10-3-6(13)2-9(7(14)15)1-5(11)4-12(9)8(16)17/h5-6,13H,1-4H2,(H,14,15)(H,16,17)/t5-,6?,9+/m1/s1. The number of likely N-dealkylation sites (tertiary alicyclic amines) is 1. The quantitative estimate of drug-likeness (QED) is 0.663. The van der Waals surface area contributed by atoms with Crippen LogP contribution in [0.5, 0.6) is 0 Å². The van der Waals surface area contributed by atoms with Crippen LogP contribution >= 0.6 is 15.9 Å². The first-order valence-electron chi connectivity index (χ1n) is 4.95. The second kappa shape index (κ2) is 5.18. The normalized spacial score (nSPS) is 30.3. The Labute approximate surface area is 105 Å². The van der Waals surface area contributed by atoms with Gasteiger partial charge in [0, 0.05) is 18.2 Å². The lowest BCUT2D eigenvalue weighted by Gasteiger charge is -2.33. The third kappa shape index (κ3) is 2.68. The van der Waals surface area contributed by atoms with E-state index in [4.69, 9.17) is 10.2 Å². The van der Waals surface area contributed by atoms with E-state index in [0.29, 0.717) is 4.90 Å². The van der Waals surface area contributed by atoms with E-state index in [-0.39, 0.29) is 11.8 Å². The van der Waals surface area contributed by atoms with Crippen molar-refractivity contribution in [3.8, 4) is 0 Å². The third-order valence-corrected chi connectivity index (χ3v) is 3.58. The van der Waals surface area contributed by atoms with Gasteiger partial charge in [-0.2, -0.15) is 0 Å². The summed E-state index contributed by atoms with van der Waals surface area (Å²) in [5, 5.41) is 27.6. The summed E-state index contributed by atoms with van der Waals surface area (Å²) in [4.78, 5) is 22.7. The van der Waals surface area contributed by atoms with Crippen molar-refractivity contribution >= 4 is 28.0 Å². The van der Waals surface area contributed by atoms with Crippen molar-refractivity contribution in [3.05, 3.63) is 0 Å². The van der Waals surface area contributed by atoms with Crippen LogP contribution in [0.25, 0.3) is 0 Å². The third-order valence-electron chi connectivity index (χ3n) is 2.84. The summed E-state index contributed by atoms with van der Waals surface area (Å²) in [6.07, 6.45) is -4.82. The van der Waals surface area contributed by atoms with Crippen LogP contribution in [-0.2, 0) is 4.79 Å². The van der Waals surface area contributed by atoms with Crippen molar-refractivity contribution in [2.75, 3.05) is 11.9 Å². The minimum Gasteiger partial charge on any atom is -0.479 e. The van der Waals surface area contributed by atoms with Gasteiger partial charge in [0.2, 0.25) is 0 Å². The lowest BCUT2D eigenvalue weighted by molar-refractivity contribution is -0.150. The van der Waals surface area contributed by atoms with Crippen LogP contribution in [-0.4, -0.2) is 62.0 Å². The second-order valence-electron chi connectivity index (χ2n) is 4.04. The van der Waals surface area contributed by atoms with Gasteiger partial charge in [0.25, 0.3) is 0 Å². The van der Waals surface area contributed by atoms with Crippen molar-refractivity contribution < 1.29 is 29.3 Å². The number of halogens is 2. The van der Waals surface area contributed by atoms with Crippen molar-refractivity contribution in [1.29, 1.82) is 0 Å². The van der Waals surface area contributed by atoms with Crippen LogP contribution in [0.3, 0.4) is 0 Å². The predicted molar refractivity (Wildman–Crippen MR) is 59.0 cm³/mol. The highest BCUT2D eigenvalue weighted by atomic mass is 79.9. The molecule has 0 bridgehead atoms. The molecule has 8 heteroatoms. The van der Waals surface area contributed by atoms with E-state index in [1.165, 1.54) is 0 Å². The molecular formula is C9H13BrFNO5. The Balaban J connectivity index is 3.04. The van der Waals surface area contributed by atoms with Crippen LogP contribution < -0.4 is 0 Å². The minimum absolute atomic E-state index is 0.104. The Morgan fingerprint density at radius 2 is 2.12 bits per heavy atom. The highest BCUT2D eigenvalue weighted by molar-refractivity contribution is 9.09. The Hall–Kier alpha value is -0.890. The minimum atomic E-state index is -1.88. The monoisotopic (exact) mass is 313 g/mol. The molecule has 17 heavy (non-hydrogen) atoms. The molecule has 0 aromatic rings. The number of alkyl halides is 2. The largest absolute Gasteiger partial charge is 0.479 e. The van der Waals surface area contributed by atoms with E-state index >= 15 is 0 Å². The van der Waals surface area contributed by atoms with Gasteiger partial charge in [-0.15, -0.1) is 0 Å². The van der Waals surface area contributed by atoms with Crippen molar-refractivity contribution in [2.24, 2.45) is 0 Å². The van der Waals surface area contributed by atoms with Gasteiger partial charge in [0.1, 0.15) is 11.7 Å². The van der Waals surface area contributed by atoms with E-state index in [2.05, 4.69) is 15.9 Å². The summed E-state index contributed by atoms with van der Waals surface area (Å²) in [7, 11) is 0. The number of carbonyl (C=O) groups is 2. The molecule has 1 aliphatic rings. The Bertz CT molecular complexity index is 329. The zero-order chi connectivity index (χ0) is 13.2. The molecule has 1 saturated heterocycles. The van der Waals surface area contributed by atoms with Gasteiger partial charge in [-0.1, -0.05) is 15.9 Å². The molecule has 3 atom stereocenters. The van der Waals surface area contributed by atoms with Gasteiger partial charge in [0.05, 0.1) is 12.6 Å². The Morgan fingerprint density at radius 1 is 1.53 bits per heavy atom. The summed E-state index contributed by atoms with van der Waals surface area (Å²) in [6, 6.07) is 0. The van der Waals surface area contributed by atoms with Gasteiger partial charge >= 0.3 is 12.1 Å². The first-order valence-corrected chi connectivity index (χ1v) is 6.07. The molecule has 0 aromatic heterocycles. The van der Waals surface area contributed by atoms with Crippen LogP contribution in [0, 0.1) is 0 Å². The van der Waals surface area contributed by atoms with Crippen molar-refractivity contribution in [2.45, 2.75) is 30.7 Å². The molecule has 1 heterocycles. The van der Waals surface area contributed by atoms with E-state index in [1.54, 1.807) is 0 Å². The molecule has 0 aliphatic carbocycles. The number of aliphatic carboxylic acids is 1. The molecule has 1 aliphatic heterocycles. The smallest absolute Gasteiger partial charge is 0.408 e. The summed E-state index contributed by atoms with van der Waals surface area (Å²) in [5.74, 6) is -1.43. The van der Waals surface area contributed by atoms with Gasteiger partial charge in [-0.3, -0.25) is 4.90 Å². The molecule has 1 unspecified atom stereocenters. The van der Waals surface area contributed by atoms with Crippen molar-refractivity contribution in [3.63, 3.8) is 0 Å². The summed E-state index contributed by atoms with van der Waals surface area (Å²) < 4.78 is 13.3. The van der Waals surface area contributed by atoms with Crippen molar-refractivity contribution in [1.82, 2.24) is 4.90 Å². The number of carboxylic acid groups (broad SMARTS) is 2. The van der Waals surface area contributed by atoms with Crippen LogP contribution in [0.4, 0.5) is 9.18 Å². The van der Waals surface area contributed by atoms with Gasteiger partial charge < -0.3 is 15.3 Å². The van der Waals surface area contributed by atoms with Gasteiger partial charge in [-0.05, 0) is 0 Å². The topological polar surface area (TPSA) is 98.1 Å². The molecule has 1 rings (SSSR count). The molecule has 3 N–H and O–H groups in total. The SMILES string of the molecule is O=C(O)N1C[C@H](F)C[C@]1(CC(O)CBr)C(=O)O. The fourth-order valence-electron chi connectivity index (χ4n) is 2.10. The number of nitrogens with zero attached hydrogens (tertiary/aromatic N) is 1. The molecule has 98 valence electrons. The lowest BCUT2D eigenvalue weighted by Crippen LogP contribution is -2.54. The first kappa shape index (κ1) is 14.2. The first-order chi connectivity index (χ1) is 7.83. The van der Waals surface area contributed by atoms with Crippen LogP contribution in [0.1, 0.15) is 12.8 Å². The number of hydrogen-bond acceptors (Lipinski definition) is 3. The average Bonchev–Trinajstić information content (AvgIpc) is 2.56. The fourth-order valence-corrected chi connectivity index (χ4v) is 2.33. The summed E-state index contributed by atoms with van der Waals surface area (Å²) in [5.41, 5.74) is -1.88. The van der Waals surface area contributed by atoms with E-state index in [1.807, 2.05) is 0 Å². The van der Waals surface area contributed by atoms with E-state index in [9.17, 15) is 19.1 Å². The lowest BCUT2D eigenvalue weighted by atomic mass is 9.89. The number of rotatable bonds is 4. The number of hydrogen-bond donors (Lipinski definition) is 3. The Kier molecular flexibility index (Phi) is 4.31. The maximum absolute atomic E-state index is 13.3. The summed E-state index contributed by atoms with van der Waals surface area (Å²) >= 11 is 2.96. The maximum Gasteiger partial charge on any atom is 0.408 e. The zero-order valence-corrected chi connectivity index (χ0v) is 10.4. The second-order valence-corrected chi connectivity index (χ2v) is 4.69. The number of aliphatic hydroxyl groups excluding tert-OH is 1. The van der Waals surface area contributed by atoms with Crippen LogP contribution in [0.15, 0.2) is 0 Å². The number of amides is 1. The maximum atomic E-state index is 13.3. The summed E-state index contributed by atoms with van der Waals surface area (Å²) in [6.45, 7) is -0.476. The van der Waals surface area contributed by atoms with E-state index in [0.717, 1.165) is 0 Å². The average molecular weight is 314 g/mol. The number of carboxylic acids is 1. The fraction of sp³-hybridized carbons (Fsp3) is 0.778. The van der Waals surface area contributed by atoms with Gasteiger partial charge in [-0.25, -0.2) is 14.0 Å². The predicted octanol–water partition coefficient (Wildman–Crippen LogP) is 0.678. The zero-order valence-electron chi connectivity index (χ0n) is 8.84. The highest BCUT2D eigenvalue weighted by Gasteiger charge is 2.55. The molecule has 6 nitrogen and oxygen atoms in total. The molecular weight excluding hydrogens is 301 g/mol. The van der Waals surface area contributed by atoms with Gasteiger partial charge in [0.15, 0.2) is 0 Å². The van der Waals surface area contributed by atoms with Crippen LogP contribution in [0.2, 0.25) is 0 Å². The number of aliphatic hydroxyl groups is 1.